The molecule has 0 rings (SSSR count). The Morgan fingerprint density at radius 3 is 2.42 bits per heavy atom. The van der Waals surface area contributed by atoms with Crippen LogP contribution in [0.2, 0.25) is 0 Å². The second-order valence-electron chi connectivity index (χ2n) is 2.28. The minimum Gasteiger partial charge on any atom is -0.481 e. The third-order valence-electron chi connectivity index (χ3n) is 1.51. The Balaban J connectivity index is 4.53. The van der Waals surface area contributed by atoms with Gasteiger partial charge in [-0.1, -0.05) is 13.5 Å². The maximum absolute atomic E-state index is 10.8. The van der Waals surface area contributed by atoms with E-state index in [1.807, 2.05) is 0 Å². The Kier molecular flexibility index (Phi) is 3.90. The van der Waals surface area contributed by atoms with Crippen molar-refractivity contribution < 1.29 is 14.7 Å². The predicted molar refractivity (Wildman–Crippen MR) is 44.3 cm³/mol. The van der Waals surface area contributed by atoms with Crippen molar-refractivity contribution in [3.63, 3.8) is 0 Å². The fourth-order valence-electron chi connectivity index (χ4n) is 0.784. The first-order valence-corrected chi connectivity index (χ1v) is 3.52. The summed E-state index contributed by atoms with van der Waals surface area (Å²) in [6.45, 7) is 4.79. The summed E-state index contributed by atoms with van der Waals surface area (Å²) >= 11 is 0. The van der Waals surface area contributed by atoms with Crippen LogP contribution in [0.1, 0.15) is 13.3 Å². The van der Waals surface area contributed by atoms with Crippen LogP contribution in [0.25, 0.3) is 0 Å². The van der Waals surface area contributed by atoms with E-state index in [9.17, 15) is 9.59 Å². The molecule has 0 aromatic carbocycles. The minimum absolute atomic E-state index is 0.244. The lowest BCUT2D eigenvalue weighted by Gasteiger charge is -2.07. The molecule has 4 heteroatoms. The van der Waals surface area contributed by atoms with E-state index in [0.717, 1.165) is 6.08 Å². The van der Waals surface area contributed by atoms with Crippen molar-refractivity contribution in [1.29, 1.82) is 5.41 Å². The topological polar surface area (TPSA) is 78.2 Å². The van der Waals surface area contributed by atoms with Gasteiger partial charge < -0.3 is 10.5 Å². The first-order valence-electron chi connectivity index (χ1n) is 3.52. The van der Waals surface area contributed by atoms with E-state index in [1.54, 1.807) is 6.92 Å². The number of aliphatic carboxylic acids is 1. The van der Waals surface area contributed by atoms with Crippen LogP contribution in [-0.4, -0.2) is 22.6 Å². The van der Waals surface area contributed by atoms with Gasteiger partial charge in [-0.25, -0.2) is 0 Å². The zero-order valence-electron chi connectivity index (χ0n) is 6.83. The van der Waals surface area contributed by atoms with Crippen molar-refractivity contribution in [3.8, 4) is 0 Å². The molecule has 0 aromatic rings. The summed E-state index contributed by atoms with van der Waals surface area (Å²) in [6, 6.07) is 0. The van der Waals surface area contributed by atoms with Gasteiger partial charge in [0.25, 0.3) is 0 Å². The smallest absolute Gasteiger partial charge is 0.312 e. The van der Waals surface area contributed by atoms with E-state index in [2.05, 4.69) is 6.58 Å². The number of hydrogen-bond acceptors (Lipinski definition) is 3. The van der Waals surface area contributed by atoms with Crippen molar-refractivity contribution >= 4 is 17.5 Å². The number of hydrogen-bond donors (Lipinski definition) is 2. The van der Waals surface area contributed by atoms with Crippen LogP contribution in [0.3, 0.4) is 0 Å². The summed E-state index contributed by atoms with van der Waals surface area (Å²) in [5.74, 6) is -2.77. The summed E-state index contributed by atoms with van der Waals surface area (Å²) in [6.07, 6.45) is 1.20. The summed E-state index contributed by atoms with van der Waals surface area (Å²) < 4.78 is 0. The van der Waals surface area contributed by atoms with Gasteiger partial charge in [-0.05, 0) is 12.5 Å². The Hall–Kier alpha value is -1.45. The molecule has 0 aromatic heterocycles. The van der Waals surface area contributed by atoms with Gasteiger partial charge in [-0.15, -0.1) is 0 Å². The van der Waals surface area contributed by atoms with Gasteiger partial charge in [0.1, 0.15) is 5.92 Å². The van der Waals surface area contributed by atoms with Crippen LogP contribution in [0.4, 0.5) is 0 Å². The first kappa shape index (κ1) is 10.6. The molecular weight excluding hydrogens is 158 g/mol. The van der Waals surface area contributed by atoms with Gasteiger partial charge in [0.05, 0.1) is 5.71 Å². The maximum atomic E-state index is 10.8. The van der Waals surface area contributed by atoms with Gasteiger partial charge in [-0.3, -0.25) is 9.59 Å². The van der Waals surface area contributed by atoms with Crippen LogP contribution < -0.4 is 0 Å². The quantitative estimate of drug-likeness (QED) is 0.473. The molecule has 0 unspecified atom stereocenters. The Morgan fingerprint density at radius 1 is 1.67 bits per heavy atom. The van der Waals surface area contributed by atoms with Crippen molar-refractivity contribution in [1.82, 2.24) is 0 Å². The van der Waals surface area contributed by atoms with Gasteiger partial charge in [0.2, 0.25) is 0 Å². The highest BCUT2D eigenvalue weighted by Gasteiger charge is 2.23. The highest BCUT2D eigenvalue weighted by Crippen LogP contribution is 2.05. The molecular formula is C8H11NO3. The molecule has 66 valence electrons. The average molecular weight is 169 g/mol. The highest BCUT2D eigenvalue weighted by atomic mass is 16.4. The van der Waals surface area contributed by atoms with E-state index < -0.39 is 23.4 Å². The first-order chi connectivity index (χ1) is 5.54. The summed E-state index contributed by atoms with van der Waals surface area (Å²) in [5, 5.41) is 15.7. The Morgan fingerprint density at radius 2 is 2.17 bits per heavy atom. The van der Waals surface area contributed by atoms with E-state index in [-0.39, 0.29) is 6.42 Å². The monoisotopic (exact) mass is 169 g/mol. The summed E-state index contributed by atoms with van der Waals surface area (Å²) in [5.41, 5.74) is -0.403. The molecule has 0 aliphatic rings. The van der Waals surface area contributed by atoms with Gasteiger partial charge in [0.15, 0.2) is 5.78 Å². The molecule has 0 aliphatic heterocycles. The maximum Gasteiger partial charge on any atom is 0.312 e. The van der Waals surface area contributed by atoms with Crippen LogP contribution in [-0.2, 0) is 9.59 Å². The lowest BCUT2D eigenvalue weighted by molar-refractivity contribution is -0.139. The predicted octanol–water partition coefficient (Wildman–Crippen LogP) is 0.872. The number of allylic oxidation sites excluding steroid dienone is 1. The van der Waals surface area contributed by atoms with Crippen molar-refractivity contribution in [3.05, 3.63) is 12.7 Å². The third kappa shape index (κ3) is 2.30. The minimum atomic E-state index is -1.14. The number of carbonyl (C=O) groups excluding carboxylic acids is 1. The largest absolute Gasteiger partial charge is 0.481 e. The Labute approximate surface area is 70.4 Å². The summed E-state index contributed by atoms with van der Waals surface area (Å²) in [7, 11) is 0. The average Bonchev–Trinajstić information content (AvgIpc) is 2.03. The van der Waals surface area contributed by atoms with E-state index in [0.29, 0.717) is 0 Å². The molecule has 0 spiro atoms. The molecule has 0 heterocycles. The lowest BCUT2D eigenvalue weighted by Crippen LogP contribution is -2.27. The number of ketones is 1. The fourth-order valence-corrected chi connectivity index (χ4v) is 0.784. The van der Waals surface area contributed by atoms with E-state index in [4.69, 9.17) is 10.5 Å². The van der Waals surface area contributed by atoms with Crippen molar-refractivity contribution in [2.24, 2.45) is 5.92 Å². The lowest BCUT2D eigenvalue weighted by atomic mass is 9.97. The van der Waals surface area contributed by atoms with Crippen molar-refractivity contribution in [2.75, 3.05) is 0 Å². The molecule has 0 aliphatic carbocycles. The molecule has 0 saturated carbocycles. The molecule has 12 heavy (non-hydrogen) atoms. The number of nitrogens with one attached hydrogen (secondary N) is 1. The fraction of sp³-hybridized carbons (Fsp3) is 0.375. The SMILES string of the molecule is C=CC(=O)C(=N)[C@H](CC)C(=O)O. The molecule has 2 N–H and O–H groups in total. The number of rotatable bonds is 5. The molecule has 1 atom stereocenters. The van der Waals surface area contributed by atoms with Crippen LogP contribution >= 0.6 is 0 Å². The normalized spacial score (nSPS) is 11.8. The van der Waals surface area contributed by atoms with Gasteiger partial charge >= 0.3 is 5.97 Å². The number of carboxylic acid groups (broad SMARTS) is 1. The Bertz CT molecular complexity index is 232. The molecule has 4 nitrogen and oxygen atoms in total. The third-order valence-corrected chi connectivity index (χ3v) is 1.51. The van der Waals surface area contributed by atoms with E-state index in [1.165, 1.54) is 0 Å². The number of carbonyl (C=O) groups is 2. The van der Waals surface area contributed by atoms with Gasteiger partial charge in [-0.2, -0.15) is 0 Å². The second kappa shape index (κ2) is 4.43. The van der Waals surface area contributed by atoms with E-state index >= 15 is 0 Å². The zero-order chi connectivity index (χ0) is 9.72. The highest BCUT2D eigenvalue weighted by molar-refractivity contribution is 6.45. The molecule has 0 fully saturated rings. The van der Waals surface area contributed by atoms with Crippen LogP contribution in [0, 0.1) is 11.3 Å². The molecule has 0 radical (unpaired) electrons. The number of carboxylic acids is 1. The van der Waals surface area contributed by atoms with Crippen LogP contribution in [0.5, 0.6) is 0 Å². The summed E-state index contributed by atoms with van der Waals surface area (Å²) in [4.78, 5) is 21.3. The van der Waals surface area contributed by atoms with Crippen LogP contribution in [0.15, 0.2) is 12.7 Å². The second-order valence-corrected chi connectivity index (χ2v) is 2.28. The standard InChI is InChI=1S/C8H11NO3/c1-3-5(8(11)12)7(9)6(10)4-2/h4-5,9H,2-3H2,1H3,(H,11,12)/t5-/m0/s1. The van der Waals surface area contributed by atoms with Gasteiger partial charge in [0, 0.05) is 0 Å². The zero-order valence-corrected chi connectivity index (χ0v) is 6.83. The van der Waals surface area contributed by atoms with Crippen molar-refractivity contribution in [2.45, 2.75) is 13.3 Å². The molecule has 0 bridgehead atoms. The molecule has 0 amide bonds. The molecule has 0 saturated heterocycles.